The molecule has 7 heteroatoms. The number of likely N-dealkylation sites (tertiary alicyclic amines) is 1. The number of nitrogens with one attached hydrogen (secondary N) is 1. The summed E-state index contributed by atoms with van der Waals surface area (Å²) in [6.07, 6.45) is 9.22. The number of rotatable bonds is 5. The summed E-state index contributed by atoms with van der Waals surface area (Å²) in [5.74, 6) is 0.884. The number of carbonyl (C=O) groups is 2. The molecular formula is C22H27N3O4. The van der Waals surface area contributed by atoms with E-state index >= 15 is 0 Å². The Morgan fingerprint density at radius 3 is 2.93 bits per heavy atom. The van der Waals surface area contributed by atoms with E-state index in [1.807, 2.05) is 11.0 Å². The Kier molecular flexibility index (Phi) is 4.78. The van der Waals surface area contributed by atoms with Crippen molar-refractivity contribution in [2.45, 2.75) is 44.6 Å². The molecule has 1 aliphatic carbocycles. The second-order valence-corrected chi connectivity index (χ2v) is 8.72. The minimum atomic E-state index is -0.174. The first kappa shape index (κ1) is 18.6. The molecule has 4 heterocycles. The summed E-state index contributed by atoms with van der Waals surface area (Å²) in [6, 6.07) is 3.59. The quantitative estimate of drug-likeness (QED) is 0.839. The second kappa shape index (κ2) is 7.44. The highest BCUT2D eigenvalue weighted by atomic mass is 16.5. The van der Waals surface area contributed by atoms with E-state index in [4.69, 9.17) is 9.15 Å². The van der Waals surface area contributed by atoms with Crippen LogP contribution in [0.25, 0.3) is 11.0 Å². The third-order valence-corrected chi connectivity index (χ3v) is 6.95. The summed E-state index contributed by atoms with van der Waals surface area (Å²) in [4.78, 5) is 30.9. The van der Waals surface area contributed by atoms with Crippen LogP contribution in [-0.2, 0) is 9.53 Å². The smallest absolute Gasteiger partial charge is 0.287 e. The maximum absolute atomic E-state index is 12.5. The van der Waals surface area contributed by atoms with Gasteiger partial charge in [-0.2, -0.15) is 0 Å². The Labute approximate surface area is 169 Å². The van der Waals surface area contributed by atoms with Gasteiger partial charge in [0.1, 0.15) is 0 Å². The lowest BCUT2D eigenvalue weighted by Crippen LogP contribution is -2.41. The molecule has 2 amide bonds. The molecule has 0 aromatic carbocycles. The van der Waals surface area contributed by atoms with Crippen molar-refractivity contribution in [3.8, 4) is 0 Å². The molecule has 2 aromatic heterocycles. The zero-order chi connectivity index (χ0) is 19.8. The van der Waals surface area contributed by atoms with Crippen LogP contribution in [0.1, 0.15) is 49.1 Å². The van der Waals surface area contributed by atoms with Crippen molar-refractivity contribution in [1.29, 1.82) is 0 Å². The monoisotopic (exact) mass is 397 g/mol. The van der Waals surface area contributed by atoms with Gasteiger partial charge in [-0.3, -0.25) is 14.6 Å². The van der Waals surface area contributed by atoms with Gasteiger partial charge in [-0.1, -0.05) is 0 Å². The summed E-state index contributed by atoms with van der Waals surface area (Å²) in [5, 5.41) is 3.91. The number of piperidine rings is 1. The Balaban J connectivity index is 1.09. The number of pyridine rings is 1. The molecule has 0 bridgehead atoms. The fourth-order valence-corrected chi connectivity index (χ4v) is 4.96. The summed E-state index contributed by atoms with van der Waals surface area (Å²) in [6.45, 7) is 3.11. The van der Waals surface area contributed by atoms with Gasteiger partial charge >= 0.3 is 0 Å². The minimum absolute atomic E-state index is 0.122. The maximum Gasteiger partial charge on any atom is 0.287 e. The number of amides is 2. The Bertz CT molecular complexity index is 877. The van der Waals surface area contributed by atoms with Crippen LogP contribution in [0.4, 0.5) is 0 Å². The first-order valence-electron chi connectivity index (χ1n) is 10.6. The van der Waals surface area contributed by atoms with Crippen molar-refractivity contribution in [3.63, 3.8) is 0 Å². The average Bonchev–Trinajstić information content (AvgIpc) is 3.09. The Hall–Kier alpha value is -2.41. The fourth-order valence-electron chi connectivity index (χ4n) is 4.96. The zero-order valence-corrected chi connectivity index (χ0v) is 16.6. The molecule has 7 nitrogen and oxygen atoms in total. The number of carbonyl (C=O) groups excluding carboxylic acids is 2. The Morgan fingerprint density at radius 1 is 1.31 bits per heavy atom. The number of nitrogens with zero attached hydrogens (tertiary/aromatic N) is 2. The van der Waals surface area contributed by atoms with E-state index < -0.39 is 0 Å². The molecule has 2 aromatic rings. The lowest BCUT2D eigenvalue weighted by atomic mass is 9.90. The number of aromatic nitrogens is 1. The summed E-state index contributed by atoms with van der Waals surface area (Å²) in [7, 11) is 0. The molecule has 1 N–H and O–H groups in total. The van der Waals surface area contributed by atoms with Crippen LogP contribution in [0, 0.1) is 11.3 Å². The topological polar surface area (TPSA) is 84.7 Å². The van der Waals surface area contributed by atoms with Gasteiger partial charge < -0.3 is 19.4 Å². The highest BCUT2D eigenvalue weighted by Gasteiger charge is 2.54. The van der Waals surface area contributed by atoms with Gasteiger partial charge in [0.2, 0.25) is 5.91 Å². The molecule has 1 spiro atoms. The highest BCUT2D eigenvalue weighted by Crippen LogP contribution is 2.59. The number of hydrogen-bond donors (Lipinski definition) is 1. The predicted octanol–water partition coefficient (Wildman–Crippen LogP) is 2.76. The lowest BCUT2D eigenvalue weighted by molar-refractivity contribution is -0.135. The molecule has 2 aliphatic heterocycles. The Morgan fingerprint density at radius 2 is 2.17 bits per heavy atom. The van der Waals surface area contributed by atoms with E-state index in [-0.39, 0.29) is 17.9 Å². The molecule has 0 radical (unpaired) electrons. The average molecular weight is 397 g/mol. The van der Waals surface area contributed by atoms with Crippen LogP contribution in [-0.4, -0.2) is 54.0 Å². The van der Waals surface area contributed by atoms with E-state index in [2.05, 4.69) is 10.3 Å². The molecule has 1 saturated carbocycles. The zero-order valence-electron chi connectivity index (χ0n) is 16.6. The third kappa shape index (κ3) is 3.75. The fraction of sp³-hybridized carbons (Fsp3) is 0.591. The summed E-state index contributed by atoms with van der Waals surface area (Å²) >= 11 is 0. The van der Waals surface area contributed by atoms with Crippen molar-refractivity contribution in [2.75, 3.05) is 26.2 Å². The van der Waals surface area contributed by atoms with Crippen molar-refractivity contribution in [1.82, 2.24) is 15.2 Å². The molecule has 2 saturated heterocycles. The number of hydrogen-bond acceptors (Lipinski definition) is 5. The molecule has 3 fully saturated rings. The molecule has 154 valence electrons. The largest absolute Gasteiger partial charge is 0.449 e. The number of furan rings is 1. The van der Waals surface area contributed by atoms with Gasteiger partial charge in [0.25, 0.3) is 5.91 Å². The van der Waals surface area contributed by atoms with E-state index in [0.29, 0.717) is 35.6 Å². The van der Waals surface area contributed by atoms with E-state index in [1.165, 1.54) is 0 Å². The van der Waals surface area contributed by atoms with Gasteiger partial charge in [-0.25, -0.2) is 0 Å². The number of ether oxygens (including phenoxy) is 1. The minimum Gasteiger partial charge on any atom is -0.449 e. The van der Waals surface area contributed by atoms with Crippen molar-refractivity contribution >= 4 is 22.8 Å². The molecular weight excluding hydrogens is 370 g/mol. The first-order valence-corrected chi connectivity index (χ1v) is 10.6. The highest BCUT2D eigenvalue weighted by molar-refractivity contribution is 5.95. The molecule has 2 unspecified atom stereocenters. The van der Waals surface area contributed by atoms with E-state index in [9.17, 15) is 9.59 Å². The van der Waals surface area contributed by atoms with Crippen molar-refractivity contribution in [2.24, 2.45) is 11.3 Å². The van der Waals surface area contributed by atoms with Crippen LogP contribution in [0.5, 0.6) is 0 Å². The van der Waals surface area contributed by atoms with Crippen molar-refractivity contribution in [3.05, 3.63) is 30.3 Å². The molecule has 29 heavy (non-hydrogen) atoms. The van der Waals surface area contributed by atoms with Gasteiger partial charge in [-0.05, 0) is 55.6 Å². The maximum atomic E-state index is 12.5. The normalized spacial score (nSPS) is 25.4. The van der Waals surface area contributed by atoms with Crippen LogP contribution in [0.15, 0.2) is 28.9 Å². The summed E-state index contributed by atoms with van der Waals surface area (Å²) < 4.78 is 11.2. The van der Waals surface area contributed by atoms with Gasteiger partial charge in [0, 0.05) is 37.8 Å². The van der Waals surface area contributed by atoms with Crippen molar-refractivity contribution < 1.29 is 18.7 Å². The number of fused-ring (bicyclic) bond motifs is 1. The predicted molar refractivity (Wildman–Crippen MR) is 106 cm³/mol. The standard InChI is InChI=1S/C22H27N3O4/c26-20(11-17-2-1-9-28-17)25-7-4-22(5-8-25)12-16(22)13-24-21(27)18-10-15-3-6-23-14-19(15)29-18/h3,6,10,14,16-17H,1-2,4-5,7-9,11-13H2,(H,24,27). The molecule has 3 aliphatic rings. The lowest BCUT2D eigenvalue weighted by Gasteiger charge is -2.33. The van der Waals surface area contributed by atoms with E-state index in [1.54, 1.807) is 18.5 Å². The van der Waals surface area contributed by atoms with E-state index in [0.717, 1.165) is 57.2 Å². The van der Waals surface area contributed by atoms with Crippen LogP contribution in [0.2, 0.25) is 0 Å². The van der Waals surface area contributed by atoms with Crippen LogP contribution in [0.3, 0.4) is 0 Å². The molecule has 2 atom stereocenters. The van der Waals surface area contributed by atoms with Gasteiger partial charge in [-0.15, -0.1) is 0 Å². The SMILES string of the molecule is O=C(NCC1CC12CCN(C(=O)CC1CCCO1)CC2)c1cc2ccncc2o1. The van der Waals surface area contributed by atoms with Crippen LogP contribution < -0.4 is 5.32 Å². The first-order chi connectivity index (χ1) is 14.1. The second-order valence-electron chi connectivity index (χ2n) is 8.72. The van der Waals surface area contributed by atoms with Crippen LogP contribution >= 0.6 is 0 Å². The molecule has 5 rings (SSSR count). The van der Waals surface area contributed by atoms with Gasteiger partial charge in [0.05, 0.1) is 18.7 Å². The van der Waals surface area contributed by atoms with Gasteiger partial charge in [0.15, 0.2) is 11.3 Å². The summed E-state index contributed by atoms with van der Waals surface area (Å²) in [5.41, 5.74) is 0.923. The third-order valence-electron chi connectivity index (χ3n) is 6.95.